The van der Waals surface area contributed by atoms with E-state index in [-0.39, 0.29) is 31.1 Å². The smallest absolute Gasteiger partial charge is 0.306 e. The number of carbonyl (C=O) groups is 3. The van der Waals surface area contributed by atoms with Crippen molar-refractivity contribution in [2.75, 3.05) is 13.2 Å². The van der Waals surface area contributed by atoms with Crippen LogP contribution in [0.2, 0.25) is 0 Å². The normalized spacial score (nSPS) is 12.0. The minimum Gasteiger partial charge on any atom is -0.462 e. The second kappa shape index (κ2) is 52.8. The summed E-state index contributed by atoms with van der Waals surface area (Å²) in [5.74, 6) is 0.864. The van der Waals surface area contributed by atoms with Gasteiger partial charge in [0.25, 0.3) is 0 Å². The van der Waals surface area contributed by atoms with Crippen LogP contribution in [0.4, 0.5) is 0 Å². The van der Waals surface area contributed by atoms with Gasteiger partial charge in [-0.15, -0.1) is 0 Å². The van der Waals surface area contributed by atoms with Gasteiger partial charge in [0, 0.05) is 19.3 Å². The molecular formula is C60H116O6. The first-order valence-electron chi connectivity index (χ1n) is 29.7. The average Bonchev–Trinajstić information content (AvgIpc) is 3.29. The maximum absolute atomic E-state index is 12.9. The predicted molar refractivity (Wildman–Crippen MR) is 284 cm³/mol. The van der Waals surface area contributed by atoms with Crippen molar-refractivity contribution in [3.05, 3.63) is 0 Å². The van der Waals surface area contributed by atoms with E-state index >= 15 is 0 Å². The molecule has 0 radical (unpaired) electrons. The lowest BCUT2D eigenvalue weighted by Crippen LogP contribution is -2.30. The van der Waals surface area contributed by atoms with Crippen molar-refractivity contribution in [2.45, 2.75) is 343 Å². The number of rotatable bonds is 54. The van der Waals surface area contributed by atoms with Gasteiger partial charge in [0.1, 0.15) is 13.2 Å². The van der Waals surface area contributed by atoms with Gasteiger partial charge in [0.05, 0.1) is 0 Å². The molecule has 0 saturated carbocycles. The van der Waals surface area contributed by atoms with E-state index in [1.165, 1.54) is 225 Å². The molecule has 0 aliphatic carbocycles. The molecule has 0 aliphatic rings. The van der Waals surface area contributed by atoms with E-state index in [0.29, 0.717) is 19.3 Å². The molecule has 0 amide bonds. The van der Waals surface area contributed by atoms with E-state index < -0.39 is 6.10 Å². The van der Waals surface area contributed by atoms with Crippen LogP contribution in [-0.2, 0) is 28.6 Å². The molecule has 392 valence electrons. The first-order valence-corrected chi connectivity index (χ1v) is 29.7. The minimum atomic E-state index is -0.762. The lowest BCUT2D eigenvalue weighted by molar-refractivity contribution is -0.167. The van der Waals surface area contributed by atoms with Gasteiger partial charge >= 0.3 is 17.9 Å². The van der Waals surface area contributed by atoms with Crippen molar-refractivity contribution in [1.82, 2.24) is 0 Å². The molecule has 0 spiro atoms. The standard InChI is InChI=1S/C60H116O6/c1-6-7-8-9-10-11-23-30-35-40-45-50-58(61)64-53-57(54-65-59(62)51-46-41-36-31-26-21-18-14-16-20-25-29-34-39-44-49-56(4)5)66-60(63)52-47-42-37-32-27-22-17-13-12-15-19-24-28-33-38-43-48-55(2)3/h55-57H,6-54H2,1-5H3/t57-/m1/s1. The molecule has 0 aromatic heterocycles. The maximum Gasteiger partial charge on any atom is 0.306 e. The second-order valence-electron chi connectivity index (χ2n) is 21.6. The van der Waals surface area contributed by atoms with Crippen LogP contribution >= 0.6 is 0 Å². The van der Waals surface area contributed by atoms with Gasteiger partial charge in [0.15, 0.2) is 6.10 Å². The van der Waals surface area contributed by atoms with Gasteiger partial charge in [-0.25, -0.2) is 0 Å². The van der Waals surface area contributed by atoms with Gasteiger partial charge in [-0.3, -0.25) is 14.4 Å². The first kappa shape index (κ1) is 64.4. The van der Waals surface area contributed by atoms with E-state index in [4.69, 9.17) is 14.2 Å². The van der Waals surface area contributed by atoms with E-state index in [1.807, 2.05) is 0 Å². The fourth-order valence-electron chi connectivity index (χ4n) is 9.23. The Morgan fingerprint density at radius 3 is 0.742 bits per heavy atom. The summed E-state index contributed by atoms with van der Waals surface area (Å²) >= 11 is 0. The largest absolute Gasteiger partial charge is 0.462 e. The molecule has 0 bridgehead atoms. The Hall–Kier alpha value is -1.59. The number of hydrogen-bond donors (Lipinski definition) is 0. The second-order valence-corrected chi connectivity index (χ2v) is 21.6. The molecule has 0 rings (SSSR count). The number of carbonyl (C=O) groups excluding carboxylic acids is 3. The summed E-state index contributed by atoms with van der Waals surface area (Å²) in [5.41, 5.74) is 0. The Morgan fingerprint density at radius 2 is 0.500 bits per heavy atom. The number of hydrogen-bond acceptors (Lipinski definition) is 6. The van der Waals surface area contributed by atoms with E-state index in [9.17, 15) is 14.4 Å². The van der Waals surface area contributed by atoms with Crippen LogP contribution in [0.25, 0.3) is 0 Å². The Labute approximate surface area is 412 Å². The average molecular weight is 934 g/mol. The fourth-order valence-corrected chi connectivity index (χ4v) is 9.23. The zero-order chi connectivity index (χ0) is 48.2. The Kier molecular flexibility index (Phi) is 51.5. The molecule has 66 heavy (non-hydrogen) atoms. The summed E-state index contributed by atoms with van der Waals surface area (Å²) in [7, 11) is 0. The van der Waals surface area contributed by atoms with Crippen LogP contribution < -0.4 is 0 Å². The third-order valence-corrected chi connectivity index (χ3v) is 13.7. The topological polar surface area (TPSA) is 78.9 Å². The highest BCUT2D eigenvalue weighted by Crippen LogP contribution is 2.18. The summed E-state index contributed by atoms with van der Waals surface area (Å²) < 4.78 is 16.9. The summed E-state index contributed by atoms with van der Waals surface area (Å²) in [4.78, 5) is 38.1. The van der Waals surface area contributed by atoms with E-state index in [0.717, 1.165) is 69.6 Å². The Morgan fingerprint density at radius 1 is 0.288 bits per heavy atom. The maximum atomic E-state index is 12.9. The Bertz CT molecular complexity index is 1010. The van der Waals surface area contributed by atoms with Crippen molar-refractivity contribution in [2.24, 2.45) is 11.8 Å². The molecule has 0 fully saturated rings. The van der Waals surface area contributed by atoms with Gasteiger partial charge in [0.2, 0.25) is 0 Å². The molecular weight excluding hydrogens is 817 g/mol. The lowest BCUT2D eigenvalue weighted by atomic mass is 10.0. The molecule has 6 nitrogen and oxygen atoms in total. The summed E-state index contributed by atoms with van der Waals surface area (Å²) in [5, 5.41) is 0. The minimum absolute atomic E-state index is 0.0623. The van der Waals surface area contributed by atoms with Crippen LogP contribution in [0.5, 0.6) is 0 Å². The fraction of sp³-hybridized carbons (Fsp3) is 0.950. The van der Waals surface area contributed by atoms with Gasteiger partial charge in [-0.05, 0) is 31.1 Å². The van der Waals surface area contributed by atoms with E-state index in [1.54, 1.807) is 0 Å². The van der Waals surface area contributed by atoms with Crippen molar-refractivity contribution < 1.29 is 28.6 Å². The summed E-state index contributed by atoms with van der Waals surface area (Å²) in [6.45, 7) is 11.4. The van der Waals surface area contributed by atoms with Gasteiger partial charge in [-0.2, -0.15) is 0 Å². The third-order valence-electron chi connectivity index (χ3n) is 13.7. The lowest BCUT2D eigenvalue weighted by Gasteiger charge is -2.18. The van der Waals surface area contributed by atoms with Crippen LogP contribution in [0.1, 0.15) is 336 Å². The predicted octanol–water partition coefficient (Wildman–Crippen LogP) is 19.7. The van der Waals surface area contributed by atoms with Crippen LogP contribution in [0.3, 0.4) is 0 Å². The zero-order valence-electron chi connectivity index (χ0n) is 45.3. The van der Waals surface area contributed by atoms with Gasteiger partial charge in [-0.1, -0.05) is 298 Å². The van der Waals surface area contributed by atoms with Crippen LogP contribution in [0.15, 0.2) is 0 Å². The molecule has 0 aliphatic heterocycles. The number of unbranched alkanes of at least 4 members (excludes halogenated alkanes) is 39. The number of esters is 3. The van der Waals surface area contributed by atoms with Crippen LogP contribution in [0, 0.1) is 11.8 Å². The van der Waals surface area contributed by atoms with Crippen molar-refractivity contribution in [3.8, 4) is 0 Å². The van der Waals surface area contributed by atoms with Crippen molar-refractivity contribution >= 4 is 17.9 Å². The highest BCUT2D eigenvalue weighted by Gasteiger charge is 2.19. The molecule has 6 heteroatoms. The number of ether oxygens (including phenoxy) is 3. The van der Waals surface area contributed by atoms with Gasteiger partial charge < -0.3 is 14.2 Å². The highest BCUT2D eigenvalue weighted by atomic mass is 16.6. The highest BCUT2D eigenvalue weighted by molar-refractivity contribution is 5.71. The Balaban J connectivity index is 4.25. The zero-order valence-corrected chi connectivity index (χ0v) is 45.3. The SMILES string of the molecule is CCCCCCCCCCCCCC(=O)OC[C@H](COC(=O)CCCCCCCCCCCCCCCCCC(C)C)OC(=O)CCCCCCCCCCCCCCCCCCC(C)C. The summed E-state index contributed by atoms with van der Waals surface area (Å²) in [6, 6.07) is 0. The molecule has 0 saturated heterocycles. The van der Waals surface area contributed by atoms with Crippen molar-refractivity contribution in [1.29, 1.82) is 0 Å². The molecule has 0 aromatic rings. The van der Waals surface area contributed by atoms with Crippen molar-refractivity contribution in [3.63, 3.8) is 0 Å². The molecule has 0 aromatic carbocycles. The first-order chi connectivity index (χ1) is 32.2. The molecule has 0 unspecified atom stereocenters. The monoisotopic (exact) mass is 933 g/mol. The van der Waals surface area contributed by atoms with Crippen LogP contribution in [-0.4, -0.2) is 37.2 Å². The quantitative estimate of drug-likeness (QED) is 0.0343. The molecule has 0 N–H and O–H groups in total. The summed E-state index contributed by atoms with van der Waals surface area (Å²) in [6.07, 6.45) is 56.7. The molecule has 0 heterocycles. The third kappa shape index (κ3) is 53.4. The molecule has 1 atom stereocenters. The van der Waals surface area contributed by atoms with E-state index in [2.05, 4.69) is 34.6 Å².